The Balaban J connectivity index is 4.43. The highest BCUT2D eigenvalue weighted by molar-refractivity contribution is 5.71. The molecule has 0 N–H and O–H groups in total. The molecule has 0 amide bonds. The van der Waals surface area contributed by atoms with Gasteiger partial charge in [-0.1, -0.05) is 244 Å². The zero-order valence-electron chi connectivity index (χ0n) is 48.3. The summed E-state index contributed by atoms with van der Waals surface area (Å²) >= 11 is 0. The number of allylic oxidation sites excluding steroid dienone is 24. The molecule has 0 fully saturated rings. The standard InChI is InChI=1S/C69H110O6/c1-4-7-10-13-16-19-22-24-26-28-30-32-34-36-38-40-42-44-47-50-53-56-59-62-68(71)74-65-66(64-73-67(70)61-58-55-52-49-46-21-18-15-12-9-6-3)75-69(72)63-60-57-54-51-48-45-43-41-39-37-35-33-31-29-27-25-23-20-17-14-11-8-5-2/h7-8,10-11,15-20,24-27,30-33,36-39,42,44,66H,4-6,9,12-14,21-23,28-29,34-35,40-41,43,45-65H2,1-3H3/b10-7-,11-8-,18-15-,19-16-,20-17-,26-24-,27-25-,32-30-,33-31-,38-36-,39-37-,44-42-. The van der Waals surface area contributed by atoms with Gasteiger partial charge in [-0.15, -0.1) is 0 Å². The average molecular weight is 1040 g/mol. The summed E-state index contributed by atoms with van der Waals surface area (Å²) in [6, 6.07) is 0. The molecule has 0 spiro atoms. The van der Waals surface area contributed by atoms with Crippen molar-refractivity contribution in [2.75, 3.05) is 13.2 Å². The molecule has 0 saturated heterocycles. The minimum atomic E-state index is -0.805. The summed E-state index contributed by atoms with van der Waals surface area (Å²) in [7, 11) is 0. The first kappa shape index (κ1) is 70.3. The van der Waals surface area contributed by atoms with Gasteiger partial charge in [0.1, 0.15) is 13.2 Å². The topological polar surface area (TPSA) is 78.9 Å². The van der Waals surface area contributed by atoms with Gasteiger partial charge in [0, 0.05) is 19.3 Å². The van der Waals surface area contributed by atoms with Crippen LogP contribution in [0.1, 0.15) is 252 Å². The summed E-state index contributed by atoms with van der Waals surface area (Å²) in [5, 5.41) is 0. The molecule has 0 aliphatic carbocycles. The van der Waals surface area contributed by atoms with Crippen LogP contribution in [-0.2, 0) is 28.6 Å². The minimum absolute atomic E-state index is 0.101. The van der Waals surface area contributed by atoms with E-state index < -0.39 is 6.10 Å². The van der Waals surface area contributed by atoms with Crippen molar-refractivity contribution in [3.05, 3.63) is 146 Å². The van der Waals surface area contributed by atoms with Crippen LogP contribution in [0.5, 0.6) is 0 Å². The van der Waals surface area contributed by atoms with E-state index in [0.29, 0.717) is 19.3 Å². The predicted molar refractivity (Wildman–Crippen MR) is 325 cm³/mol. The Bertz CT molecular complexity index is 1660. The lowest BCUT2D eigenvalue weighted by atomic mass is 10.1. The number of unbranched alkanes of at least 4 members (excludes halogenated alkanes) is 18. The van der Waals surface area contributed by atoms with E-state index in [2.05, 4.69) is 167 Å². The van der Waals surface area contributed by atoms with Crippen LogP contribution in [0.4, 0.5) is 0 Å². The van der Waals surface area contributed by atoms with E-state index in [0.717, 1.165) is 167 Å². The van der Waals surface area contributed by atoms with Gasteiger partial charge in [0.05, 0.1) is 0 Å². The third-order valence-corrected chi connectivity index (χ3v) is 12.3. The Morgan fingerprint density at radius 1 is 0.280 bits per heavy atom. The zero-order chi connectivity index (χ0) is 54.3. The maximum Gasteiger partial charge on any atom is 0.306 e. The second-order valence-electron chi connectivity index (χ2n) is 19.5. The Kier molecular flexibility index (Phi) is 58.0. The van der Waals surface area contributed by atoms with Crippen molar-refractivity contribution in [2.24, 2.45) is 0 Å². The molecule has 422 valence electrons. The molecule has 75 heavy (non-hydrogen) atoms. The third-order valence-electron chi connectivity index (χ3n) is 12.3. The Morgan fingerprint density at radius 3 is 0.827 bits per heavy atom. The molecule has 0 aromatic rings. The van der Waals surface area contributed by atoms with E-state index in [4.69, 9.17) is 14.2 Å². The molecular formula is C69H110O6. The maximum atomic E-state index is 12.9. The second-order valence-corrected chi connectivity index (χ2v) is 19.5. The number of ether oxygens (including phenoxy) is 3. The average Bonchev–Trinajstić information content (AvgIpc) is 3.41. The van der Waals surface area contributed by atoms with Gasteiger partial charge in [0.2, 0.25) is 0 Å². The first-order valence-corrected chi connectivity index (χ1v) is 30.3. The number of esters is 3. The summed E-state index contributed by atoms with van der Waals surface area (Å²) in [6.45, 7) is 6.33. The van der Waals surface area contributed by atoms with Gasteiger partial charge in [0.25, 0.3) is 0 Å². The predicted octanol–water partition coefficient (Wildman–Crippen LogP) is 20.8. The van der Waals surface area contributed by atoms with E-state index in [9.17, 15) is 14.4 Å². The number of carbonyl (C=O) groups excluding carboxylic acids is 3. The summed E-state index contributed by atoms with van der Waals surface area (Å²) in [5.74, 6) is -0.951. The normalized spacial score (nSPS) is 13.2. The molecule has 0 saturated carbocycles. The van der Waals surface area contributed by atoms with Gasteiger partial charge in [-0.3, -0.25) is 14.4 Å². The molecule has 0 bridgehead atoms. The molecule has 6 nitrogen and oxygen atoms in total. The molecule has 0 aromatic heterocycles. The van der Waals surface area contributed by atoms with Gasteiger partial charge in [-0.05, 0) is 135 Å². The fraction of sp³-hybridized carbons (Fsp3) is 0.609. The first-order valence-electron chi connectivity index (χ1n) is 30.3. The summed E-state index contributed by atoms with van der Waals surface area (Å²) < 4.78 is 16.8. The van der Waals surface area contributed by atoms with Crippen molar-refractivity contribution < 1.29 is 28.6 Å². The van der Waals surface area contributed by atoms with Crippen LogP contribution in [0.2, 0.25) is 0 Å². The second kappa shape index (κ2) is 61.8. The number of hydrogen-bond acceptors (Lipinski definition) is 6. The van der Waals surface area contributed by atoms with Gasteiger partial charge in [-0.2, -0.15) is 0 Å². The zero-order valence-corrected chi connectivity index (χ0v) is 48.3. The highest BCUT2D eigenvalue weighted by atomic mass is 16.6. The highest BCUT2D eigenvalue weighted by Crippen LogP contribution is 2.14. The lowest BCUT2D eigenvalue weighted by Crippen LogP contribution is -2.30. The van der Waals surface area contributed by atoms with Crippen molar-refractivity contribution in [1.82, 2.24) is 0 Å². The smallest absolute Gasteiger partial charge is 0.306 e. The van der Waals surface area contributed by atoms with Crippen molar-refractivity contribution in [2.45, 2.75) is 258 Å². The fourth-order valence-electron chi connectivity index (χ4n) is 7.81. The molecule has 0 heterocycles. The van der Waals surface area contributed by atoms with Gasteiger partial charge < -0.3 is 14.2 Å². The van der Waals surface area contributed by atoms with Crippen LogP contribution in [0, 0.1) is 0 Å². The van der Waals surface area contributed by atoms with Crippen LogP contribution in [-0.4, -0.2) is 37.2 Å². The Morgan fingerprint density at radius 2 is 0.520 bits per heavy atom. The van der Waals surface area contributed by atoms with Crippen molar-refractivity contribution in [3.8, 4) is 0 Å². The number of carbonyl (C=O) groups is 3. The molecule has 6 heteroatoms. The fourth-order valence-corrected chi connectivity index (χ4v) is 7.81. The molecular weight excluding hydrogens is 925 g/mol. The number of hydrogen-bond donors (Lipinski definition) is 0. The monoisotopic (exact) mass is 1030 g/mol. The molecule has 0 aliphatic heterocycles. The van der Waals surface area contributed by atoms with Gasteiger partial charge in [-0.25, -0.2) is 0 Å². The van der Waals surface area contributed by atoms with Gasteiger partial charge >= 0.3 is 17.9 Å². The molecule has 0 rings (SSSR count). The Labute approximate surface area is 461 Å². The van der Waals surface area contributed by atoms with Crippen LogP contribution < -0.4 is 0 Å². The minimum Gasteiger partial charge on any atom is -0.462 e. The van der Waals surface area contributed by atoms with E-state index >= 15 is 0 Å². The van der Waals surface area contributed by atoms with Crippen molar-refractivity contribution in [3.63, 3.8) is 0 Å². The summed E-state index contributed by atoms with van der Waals surface area (Å²) in [5.41, 5.74) is 0. The molecule has 1 atom stereocenters. The molecule has 0 radical (unpaired) electrons. The largest absolute Gasteiger partial charge is 0.462 e. The number of rotatable bonds is 53. The van der Waals surface area contributed by atoms with Gasteiger partial charge in [0.15, 0.2) is 6.10 Å². The van der Waals surface area contributed by atoms with E-state index in [1.165, 1.54) is 44.9 Å². The summed E-state index contributed by atoms with van der Waals surface area (Å²) in [6.07, 6.45) is 88.4. The highest BCUT2D eigenvalue weighted by Gasteiger charge is 2.19. The van der Waals surface area contributed by atoms with Crippen molar-refractivity contribution in [1.29, 1.82) is 0 Å². The SMILES string of the molecule is CC/C=C\C/C=C\C/C=C\C/C=C\C/C=C\C/C=C\CCCCCCC(=O)OCC(COC(=O)CCCCCCC/C=C\CCCC)OC(=O)CCCCCCCCC/C=C\C/C=C\C/C=C\C/C=C\C/C=C\CC. The van der Waals surface area contributed by atoms with Crippen LogP contribution >= 0.6 is 0 Å². The van der Waals surface area contributed by atoms with E-state index in [1.54, 1.807) is 0 Å². The van der Waals surface area contributed by atoms with E-state index in [1.807, 2.05) is 0 Å². The first-order chi connectivity index (χ1) is 37.0. The van der Waals surface area contributed by atoms with Crippen LogP contribution in [0.25, 0.3) is 0 Å². The molecule has 0 aromatic carbocycles. The lowest BCUT2D eigenvalue weighted by Gasteiger charge is -2.18. The Hall–Kier alpha value is -4.71. The van der Waals surface area contributed by atoms with Crippen molar-refractivity contribution >= 4 is 17.9 Å². The third kappa shape index (κ3) is 60.0. The lowest BCUT2D eigenvalue weighted by molar-refractivity contribution is -0.167. The maximum absolute atomic E-state index is 12.9. The quantitative estimate of drug-likeness (QED) is 0.0261. The molecule has 0 aliphatic rings. The van der Waals surface area contributed by atoms with E-state index in [-0.39, 0.29) is 31.1 Å². The summed E-state index contributed by atoms with van der Waals surface area (Å²) in [4.78, 5) is 38.2. The van der Waals surface area contributed by atoms with Crippen LogP contribution in [0.15, 0.2) is 146 Å². The molecule has 1 unspecified atom stereocenters. The van der Waals surface area contributed by atoms with Crippen LogP contribution in [0.3, 0.4) is 0 Å².